The number of aliphatic carboxylic acids is 1. The van der Waals surface area contributed by atoms with Gasteiger partial charge in [0, 0.05) is 32.7 Å². The van der Waals surface area contributed by atoms with Crippen LogP contribution in [-0.4, -0.2) is 54.2 Å². The molecule has 17 heavy (non-hydrogen) atoms. The van der Waals surface area contributed by atoms with Gasteiger partial charge in [0.15, 0.2) is 0 Å². The van der Waals surface area contributed by atoms with Crippen LogP contribution in [-0.2, 0) is 14.3 Å². The van der Waals surface area contributed by atoms with Gasteiger partial charge in [-0.15, -0.1) is 0 Å². The molecule has 1 rings (SSSR count). The molecule has 0 aromatic rings. The molecule has 0 aromatic heterocycles. The molecule has 1 amide bonds. The number of hydrogen-bond donors (Lipinski definition) is 2. The fraction of sp³-hybridized carbons (Fsp3) is 0.818. The summed E-state index contributed by atoms with van der Waals surface area (Å²) in [5, 5.41) is 8.53. The third-order valence-corrected chi connectivity index (χ3v) is 3.07. The first kappa shape index (κ1) is 13.9. The van der Waals surface area contributed by atoms with Crippen LogP contribution >= 0.6 is 0 Å². The Labute approximate surface area is 101 Å². The highest BCUT2D eigenvalue weighted by Gasteiger charge is 2.26. The number of rotatable bonds is 5. The summed E-state index contributed by atoms with van der Waals surface area (Å²) in [6, 6.07) is -0.564. The second-order valence-electron chi connectivity index (χ2n) is 4.33. The Balaban J connectivity index is 2.41. The van der Waals surface area contributed by atoms with Crippen LogP contribution < -0.4 is 5.73 Å². The highest BCUT2D eigenvalue weighted by Crippen LogP contribution is 2.14. The molecule has 3 N–H and O–H groups in total. The van der Waals surface area contributed by atoms with E-state index in [2.05, 4.69) is 0 Å². The summed E-state index contributed by atoms with van der Waals surface area (Å²) >= 11 is 0. The van der Waals surface area contributed by atoms with E-state index in [9.17, 15) is 9.59 Å². The predicted molar refractivity (Wildman–Crippen MR) is 61.5 cm³/mol. The van der Waals surface area contributed by atoms with E-state index in [1.54, 1.807) is 11.9 Å². The predicted octanol–water partition coefficient (Wildman–Crippen LogP) is -0.184. The van der Waals surface area contributed by atoms with Crippen molar-refractivity contribution < 1.29 is 19.4 Å². The van der Waals surface area contributed by atoms with Gasteiger partial charge in [-0.2, -0.15) is 0 Å². The second kappa shape index (κ2) is 6.56. The number of carboxylic acids is 1. The Kier molecular flexibility index (Phi) is 5.37. The topological polar surface area (TPSA) is 92.9 Å². The largest absolute Gasteiger partial charge is 0.481 e. The van der Waals surface area contributed by atoms with E-state index in [4.69, 9.17) is 15.6 Å². The number of nitrogens with two attached hydrogens (primary N) is 1. The minimum absolute atomic E-state index is 0.0749. The molecule has 98 valence electrons. The van der Waals surface area contributed by atoms with Crippen molar-refractivity contribution in [3.05, 3.63) is 0 Å². The van der Waals surface area contributed by atoms with E-state index < -0.39 is 12.0 Å². The lowest BCUT2D eigenvalue weighted by molar-refractivity contribution is -0.138. The Morgan fingerprint density at radius 1 is 1.47 bits per heavy atom. The van der Waals surface area contributed by atoms with Gasteiger partial charge in [0.25, 0.3) is 0 Å². The SMILES string of the molecule is CN(C(=O)C(N)CCC(=O)O)C1CCOCC1. The molecule has 0 bridgehead atoms. The zero-order valence-corrected chi connectivity index (χ0v) is 10.1. The van der Waals surface area contributed by atoms with Crippen LogP contribution in [0.5, 0.6) is 0 Å². The normalized spacial score (nSPS) is 18.7. The second-order valence-corrected chi connectivity index (χ2v) is 4.33. The molecule has 6 heteroatoms. The Bertz CT molecular complexity index is 277. The summed E-state index contributed by atoms with van der Waals surface area (Å²) in [6.07, 6.45) is 1.73. The minimum Gasteiger partial charge on any atom is -0.481 e. The van der Waals surface area contributed by atoms with Crippen LogP contribution in [0.15, 0.2) is 0 Å². The summed E-state index contributed by atoms with van der Waals surface area (Å²) in [7, 11) is 1.72. The smallest absolute Gasteiger partial charge is 0.303 e. The molecule has 0 aromatic carbocycles. The van der Waals surface area contributed by atoms with Gasteiger partial charge in [-0.3, -0.25) is 9.59 Å². The van der Waals surface area contributed by atoms with Crippen molar-refractivity contribution in [3.63, 3.8) is 0 Å². The van der Waals surface area contributed by atoms with Gasteiger partial charge in [-0.05, 0) is 19.3 Å². The van der Waals surface area contributed by atoms with Gasteiger partial charge in [0.05, 0.1) is 6.04 Å². The number of carboxylic acid groups (broad SMARTS) is 1. The van der Waals surface area contributed by atoms with Gasteiger partial charge in [0.1, 0.15) is 0 Å². The molecule has 0 spiro atoms. The number of ether oxygens (including phenoxy) is 1. The van der Waals surface area contributed by atoms with Crippen molar-refractivity contribution >= 4 is 11.9 Å². The Hall–Kier alpha value is -1.14. The lowest BCUT2D eigenvalue weighted by Crippen LogP contribution is -2.48. The highest BCUT2D eigenvalue weighted by atomic mass is 16.5. The molecule has 1 heterocycles. The molecule has 1 atom stereocenters. The molecule has 0 aliphatic carbocycles. The average Bonchev–Trinajstić information content (AvgIpc) is 2.35. The number of hydrogen-bond acceptors (Lipinski definition) is 4. The van der Waals surface area contributed by atoms with Crippen molar-refractivity contribution in [1.29, 1.82) is 0 Å². The first-order valence-corrected chi connectivity index (χ1v) is 5.84. The lowest BCUT2D eigenvalue weighted by Gasteiger charge is -2.32. The quantitative estimate of drug-likeness (QED) is 0.699. The van der Waals surface area contributed by atoms with Crippen molar-refractivity contribution in [1.82, 2.24) is 4.90 Å². The van der Waals surface area contributed by atoms with Crippen LogP contribution in [0.3, 0.4) is 0 Å². The molecule has 1 aliphatic heterocycles. The molecular weight excluding hydrogens is 224 g/mol. The van der Waals surface area contributed by atoms with Gasteiger partial charge in [-0.1, -0.05) is 0 Å². The molecular formula is C11H20N2O4. The van der Waals surface area contributed by atoms with E-state index in [1.165, 1.54) is 0 Å². The summed E-state index contributed by atoms with van der Waals surface area (Å²) in [4.78, 5) is 24.0. The van der Waals surface area contributed by atoms with Gasteiger partial charge >= 0.3 is 5.97 Å². The monoisotopic (exact) mass is 244 g/mol. The molecule has 1 saturated heterocycles. The zero-order chi connectivity index (χ0) is 12.8. The lowest BCUT2D eigenvalue weighted by atomic mass is 10.1. The molecule has 1 fully saturated rings. The number of nitrogens with zero attached hydrogens (tertiary/aromatic N) is 1. The molecule has 6 nitrogen and oxygen atoms in total. The van der Waals surface area contributed by atoms with E-state index in [0.717, 1.165) is 12.8 Å². The summed E-state index contributed by atoms with van der Waals surface area (Å²) < 4.78 is 5.22. The van der Waals surface area contributed by atoms with E-state index in [0.29, 0.717) is 13.2 Å². The third-order valence-electron chi connectivity index (χ3n) is 3.07. The number of likely N-dealkylation sites (N-methyl/N-ethyl adjacent to an activating group) is 1. The Morgan fingerprint density at radius 2 is 2.06 bits per heavy atom. The average molecular weight is 244 g/mol. The van der Waals surface area contributed by atoms with Crippen LogP contribution in [0, 0.1) is 0 Å². The number of amides is 1. The van der Waals surface area contributed by atoms with Gasteiger partial charge in [-0.25, -0.2) is 0 Å². The van der Waals surface area contributed by atoms with Crippen molar-refractivity contribution in [2.75, 3.05) is 20.3 Å². The summed E-state index contributed by atoms with van der Waals surface area (Å²) in [5.41, 5.74) is 5.69. The maximum atomic E-state index is 11.9. The third kappa shape index (κ3) is 4.32. The number of carbonyl (C=O) groups excluding carboxylic acids is 1. The summed E-state index contributed by atoms with van der Waals surface area (Å²) in [6.45, 7) is 1.32. The molecule has 1 unspecified atom stereocenters. The maximum absolute atomic E-state index is 11.9. The van der Waals surface area contributed by atoms with Crippen LogP contribution in [0.2, 0.25) is 0 Å². The van der Waals surface area contributed by atoms with Crippen molar-refractivity contribution in [2.45, 2.75) is 37.8 Å². The minimum atomic E-state index is -0.929. The van der Waals surface area contributed by atoms with Crippen LogP contribution in [0.25, 0.3) is 0 Å². The maximum Gasteiger partial charge on any atom is 0.303 e. The van der Waals surface area contributed by atoms with Gasteiger partial charge in [0.2, 0.25) is 5.91 Å². The zero-order valence-electron chi connectivity index (χ0n) is 10.1. The first-order valence-electron chi connectivity index (χ1n) is 5.84. The van der Waals surface area contributed by atoms with Crippen molar-refractivity contribution in [2.24, 2.45) is 5.73 Å². The fourth-order valence-electron chi connectivity index (χ4n) is 1.92. The first-order chi connectivity index (χ1) is 8.02. The summed E-state index contributed by atoms with van der Waals surface area (Å²) in [5.74, 6) is -1.11. The van der Waals surface area contributed by atoms with E-state index in [1.807, 2.05) is 0 Å². The van der Waals surface area contributed by atoms with E-state index in [-0.39, 0.29) is 24.8 Å². The fourth-order valence-corrected chi connectivity index (χ4v) is 1.92. The molecule has 1 aliphatic rings. The Morgan fingerprint density at radius 3 is 2.59 bits per heavy atom. The van der Waals surface area contributed by atoms with E-state index >= 15 is 0 Å². The van der Waals surface area contributed by atoms with Crippen LogP contribution in [0.4, 0.5) is 0 Å². The number of carbonyl (C=O) groups is 2. The van der Waals surface area contributed by atoms with Crippen molar-refractivity contribution in [3.8, 4) is 0 Å². The standard InChI is InChI=1S/C11H20N2O4/c1-13(8-4-6-17-7-5-8)11(16)9(12)2-3-10(14)15/h8-9H,2-7,12H2,1H3,(H,14,15). The highest BCUT2D eigenvalue weighted by molar-refractivity contribution is 5.82. The molecule has 0 saturated carbocycles. The van der Waals surface area contributed by atoms with Crippen LogP contribution in [0.1, 0.15) is 25.7 Å². The molecule has 0 radical (unpaired) electrons. The van der Waals surface area contributed by atoms with Gasteiger partial charge < -0.3 is 20.5 Å².